The average Bonchev–Trinajstić information content (AvgIpc) is 3.03. The molecular weight excluding hydrogens is 286 g/mol. The van der Waals surface area contributed by atoms with E-state index < -0.39 is 4.92 Å². The number of nitrogens with one attached hydrogen (secondary N) is 1. The molecule has 1 aromatic heterocycles. The summed E-state index contributed by atoms with van der Waals surface area (Å²) in [5, 5.41) is 21.3. The van der Waals surface area contributed by atoms with Crippen LogP contribution in [0.4, 0.5) is 5.69 Å². The Kier molecular flexibility index (Phi) is 2.91. The molecule has 102 valence electrons. The Morgan fingerprint density at radius 1 is 1.50 bits per heavy atom. The summed E-state index contributed by atoms with van der Waals surface area (Å²) in [6, 6.07) is 2.80. The molecule has 2 aromatic rings. The van der Waals surface area contributed by atoms with E-state index in [9.17, 15) is 10.1 Å². The highest BCUT2D eigenvalue weighted by atomic mass is 32.1. The number of nitro benzene ring substituents is 1. The van der Waals surface area contributed by atoms with Crippen LogP contribution < -0.4 is 9.47 Å². The molecule has 0 aliphatic carbocycles. The van der Waals surface area contributed by atoms with E-state index in [0.717, 1.165) is 0 Å². The first-order chi connectivity index (χ1) is 9.65. The largest absolute Gasteiger partial charge is 0.454 e. The molecule has 0 saturated heterocycles. The van der Waals surface area contributed by atoms with E-state index in [0.29, 0.717) is 11.5 Å². The van der Waals surface area contributed by atoms with E-state index in [1.807, 2.05) is 0 Å². The lowest BCUT2D eigenvalue weighted by Crippen LogP contribution is -1.96. The average molecular weight is 293 g/mol. The molecule has 0 saturated carbocycles. The predicted octanol–water partition coefficient (Wildman–Crippen LogP) is 1.46. The van der Waals surface area contributed by atoms with Gasteiger partial charge in [0, 0.05) is 0 Å². The summed E-state index contributed by atoms with van der Waals surface area (Å²) in [6.45, 7) is 0.0415. The van der Waals surface area contributed by atoms with Gasteiger partial charge in [-0.1, -0.05) is 0 Å². The summed E-state index contributed by atoms with van der Waals surface area (Å²) in [5.74, 6) is 0.779. The van der Waals surface area contributed by atoms with Crippen LogP contribution in [-0.4, -0.2) is 32.8 Å². The second kappa shape index (κ2) is 4.74. The van der Waals surface area contributed by atoms with E-state index in [2.05, 4.69) is 15.3 Å². The van der Waals surface area contributed by atoms with Crippen LogP contribution in [0.25, 0.3) is 0 Å². The maximum Gasteiger partial charge on any atom is 0.282 e. The molecule has 0 atom stereocenters. The van der Waals surface area contributed by atoms with E-state index in [-0.39, 0.29) is 22.8 Å². The summed E-state index contributed by atoms with van der Waals surface area (Å²) in [7, 11) is 0. The summed E-state index contributed by atoms with van der Waals surface area (Å²) < 4.78 is 11.9. The third kappa shape index (κ3) is 2.12. The molecule has 0 unspecified atom stereocenters. The first kappa shape index (κ1) is 12.3. The first-order valence-electron chi connectivity index (χ1n) is 5.39. The summed E-state index contributed by atoms with van der Waals surface area (Å²) >= 11 is 4.92. The maximum atomic E-state index is 11.1. The third-order valence-corrected chi connectivity index (χ3v) is 2.85. The second-order valence-electron chi connectivity index (χ2n) is 3.77. The van der Waals surface area contributed by atoms with Crippen molar-refractivity contribution in [3.63, 3.8) is 0 Å². The van der Waals surface area contributed by atoms with E-state index in [1.165, 1.54) is 29.4 Å². The van der Waals surface area contributed by atoms with Gasteiger partial charge in [0.15, 0.2) is 11.5 Å². The van der Waals surface area contributed by atoms with Crippen molar-refractivity contribution in [3.05, 3.63) is 38.9 Å². The zero-order valence-corrected chi connectivity index (χ0v) is 10.7. The van der Waals surface area contributed by atoms with Crippen molar-refractivity contribution in [3.8, 4) is 11.5 Å². The molecule has 0 bridgehead atoms. The van der Waals surface area contributed by atoms with Crippen LogP contribution in [0.5, 0.6) is 11.5 Å². The van der Waals surface area contributed by atoms with Crippen molar-refractivity contribution in [2.75, 3.05) is 6.79 Å². The molecule has 1 aromatic carbocycles. The van der Waals surface area contributed by atoms with Crippen LogP contribution >= 0.6 is 12.2 Å². The van der Waals surface area contributed by atoms with Crippen LogP contribution in [0, 0.1) is 14.9 Å². The minimum atomic E-state index is -0.516. The maximum absolute atomic E-state index is 11.1. The zero-order chi connectivity index (χ0) is 14.1. The lowest BCUT2D eigenvalue weighted by molar-refractivity contribution is -0.385. The van der Waals surface area contributed by atoms with Crippen molar-refractivity contribution in [1.82, 2.24) is 14.9 Å². The van der Waals surface area contributed by atoms with Gasteiger partial charge in [0.2, 0.25) is 11.6 Å². The fourth-order valence-corrected chi connectivity index (χ4v) is 1.80. The van der Waals surface area contributed by atoms with E-state index >= 15 is 0 Å². The normalized spacial score (nSPS) is 13.0. The van der Waals surface area contributed by atoms with Crippen LogP contribution in [0.15, 0.2) is 23.6 Å². The Morgan fingerprint density at radius 2 is 2.25 bits per heavy atom. The van der Waals surface area contributed by atoms with Gasteiger partial charge in [0.05, 0.1) is 22.8 Å². The van der Waals surface area contributed by atoms with Crippen LogP contribution in [0.3, 0.4) is 0 Å². The molecule has 2 heterocycles. The van der Waals surface area contributed by atoms with Gasteiger partial charge < -0.3 is 9.47 Å². The van der Waals surface area contributed by atoms with Crippen LogP contribution in [0.1, 0.15) is 5.56 Å². The molecule has 0 fully saturated rings. The van der Waals surface area contributed by atoms with Crippen molar-refractivity contribution in [2.45, 2.75) is 0 Å². The number of aromatic amines is 1. The highest BCUT2D eigenvalue weighted by molar-refractivity contribution is 7.71. The number of nitro groups is 1. The number of aromatic nitrogens is 3. The topological polar surface area (TPSA) is 108 Å². The summed E-state index contributed by atoms with van der Waals surface area (Å²) in [5.41, 5.74) is 0.148. The fraction of sp³-hybridized carbons (Fsp3) is 0.100. The van der Waals surface area contributed by atoms with Gasteiger partial charge in [-0.25, -0.2) is 0 Å². The van der Waals surface area contributed by atoms with Gasteiger partial charge in [-0.2, -0.15) is 14.9 Å². The van der Waals surface area contributed by atoms with Gasteiger partial charge in [0.1, 0.15) is 6.33 Å². The van der Waals surface area contributed by atoms with E-state index in [1.54, 1.807) is 0 Å². The Labute approximate surface area is 116 Å². The number of fused-ring (bicyclic) bond motifs is 1. The predicted molar refractivity (Wildman–Crippen MR) is 69.6 cm³/mol. The number of nitrogens with zero attached hydrogens (tertiary/aromatic N) is 4. The van der Waals surface area contributed by atoms with Gasteiger partial charge in [-0.05, 0) is 18.3 Å². The number of H-pyrrole nitrogens is 1. The Hall–Kier alpha value is -2.75. The van der Waals surface area contributed by atoms with Crippen LogP contribution in [0.2, 0.25) is 0 Å². The molecule has 1 N–H and O–H groups in total. The minimum Gasteiger partial charge on any atom is -0.454 e. The molecule has 9 nitrogen and oxygen atoms in total. The highest BCUT2D eigenvalue weighted by Gasteiger charge is 2.22. The molecular formula is C10H7N5O4S. The van der Waals surface area contributed by atoms with Crippen molar-refractivity contribution >= 4 is 24.1 Å². The molecule has 1 aliphatic heterocycles. The number of hydrogen-bond donors (Lipinski definition) is 1. The minimum absolute atomic E-state index is 0.0415. The first-order valence-corrected chi connectivity index (χ1v) is 5.80. The molecule has 1 aliphatic rings. The number of hydrogen-bond acceptors (Lipinski definition) is 7. The SMILES string of the molecule is O=[N+]([O-])c1cc2c(cc1/C=N\n1cn[nH]c1=S)OCO2. The quantitative estimate of drug-likeness (QED) is 0.397. The van der Waals surface area contributed by atoms with Gasteiger partial charge in [0.25, 0.3) is 5.69 Å². The monoisotopic (exact) mass is 293 g/mol. The van der Waals surface area contributed by atoms with Crippen molar-refractivity contribution in [1.29, 1.82) is 0 Å². The molecule has 20 heavy (non-hydrogen) atoms. The summed E-state index contributed by atoms with van der Waals surface area (Å²) in [6.07, 6.45) is 2.67. The highest BCUT2D eigenvalue weighted by Crippen LogP contribution is 2.37. The van der Waals surface area contributed by atoms with Gasteiger partial charge in [-0.3, -0.25) is 15.2 Å². The third-order valence-electron chi connectivity index (χ3n) is 2.58. The molecule has 10 heteroatoms. The number of ether oxygens (including phenoxy) is 2. The van der Waals surface area contributed by atoms with Gasteiger partial charge in [-0.15, -0.1) is 0 Å². The molecule has 3 rings (SSSR count). The number of rotatable bonds is 3. The summed E-state index contributed by atoms with van der Waals surface area (Å²) in [4.78, 5) is 10.5. The van der Waals surface area contributed by atoms with Gasteiger partial charge >= 0.3 is 0 Å². The van der Waals surface area contributed by atoms with Crippen molar-refractivity contribution in [2.24, 2.45) is 5.10 Å². The Bertz CT molecular complexity index is 765. The zero-order valence-electron chi connectivity index (χ0n) is 9.85. The number of benzene rings is 1. The molecule has 0 radical (unpaired) electrons. The lowest BCUT2D eigenvalue weighted by atomic mass is 10.1. The fourth-order valence-electron chi connectivity index (χ4n) is 1.66. The van der Waals surface area contributed by atoms with E-state index in [4.69, 9.17) is 21.7 Å². The molecule has 0 amide bonds. The second-order valence-corrected chi connectivity index (χ2v) is 4.16. The Balaban J connectivity index is 2.04. The van der Waals surface area contributed by atoms with Crippen molar-refractivity contribution < 1.29 is 14.4 Å². The molecule has 0 spiro atoms. The Morgan fingerprint density at radius 3 is 2.90 bits per heavy atom. The smallest absolute Gasteiger partial charge is 0.282 e. The standard InChI is InChI=1S/C10H7N5O4S/c16-15(17)7-2-9-8(18-5-19-9)1-6(7)3-12-14-4-11-13-10(14)20/h1-4H,5H2,(H,13,20)/b12-3-. The lowest BCUT2D eigenvalue weighted by Gasteiger charge is -2.00. The van der Waals surface area contributed by atoms with Crippen LogP contribution in [-0.2, 0) is 0 Å².